The minimum Gasteiger partial charge on any atom is -0.383 e. The van der Waals surface area contributed by atoms with E-state index in [1.807, 2.05) is 48.7 Å². The van der Waals surface area contributed by atoms with Crippen LogP contribution in [0.2, 0.25) is 5.02 Å². The van der Waals surface area contributed by atoms with Gasteiger partial charge in [0.25, 0.3) is 0 Å². The molecule has 47 heavy (non-hydrogen) atoms. The fourth-order valence-corrected chi connectivity index (χ4v) is 4.76. The van der Waals surface area contributed by atoms with Gasteiger partial charge in [0.2, 0.25) is 0 Å². The lowest BCUT2D eigenvalue weighted by Gasteiger charge is -2.19. The van der Waals surface area contributed by atoms with E-state index in [0.717, 1.165) is 31.8 Å². The molecule has 6 aromatic rings. The van der Waals surface area contributed by atoms with Gasteiger partial charge in [0.15, 0.2) is 0 Å². The normalized spacial score (nSPS) is 11.6. The molecule has 0 unspecified atom stereocenters. The molecule has 0 aliphatic heterocycles. The van der Waals surface area contributed by atoms with Crippen molar-refractivity contribution in [2.24, 2.45) is 5.41 Å². The summed E-state index contributed by atoms with van der Waals surface area (Å²) in [5, 5.41) is 3.84. The molecule has 6 rings (SSSR count). The number of benzene rings is 3. The summed E-state index contributed by atoms with van der Waals surface area (Å²) in [6.07, 6.45) is 1.81. The molecule has 0 aliphatic carbocycles. The molecular weight excluding hydrogens is 666 g/mol. The molecule has 0 aliphatic rings. The average Bonchev–Trinajstić information content (AvgIpc) is 2.97. The standard InChI is InChI=1S/C13H15BrN2.C13H15ClN2.C9H7N.C5H12/c2*1-13(2,3)9-5-4-8-6-10(14)12(15)16-11(8)7-9;1-2-6-9-8(4-1)5-3-7-10-9;1-5(2,3)4/h2*4-7H,1-3H3,(H2,15,16);1-7H;1-4H3. The molecule has 0 radical (unpaired) electrons. The maximum atomic E-state index is 5.93. The van der Waals surface area contributed by atoms with Crippen LogP contribution in [0.3, 0.4) is 0 Å². The van der Waals surface area contributed by atoms with Gasteiger partial charge in [-0.3, -0.25) is 4.98 Å². The van der Waals surface area contributed by atoms with Gasteiger partial charge in [-0.15, -0.1) is 0 Å². The Balaban J connectivity index is 0.000000182. The summed E-state index contributed by atoms with van der Waals surface area (Å²) in [4.78, 5) is 12.9. The predicted molar refractivity (Wildman–Crippen MR) is 209 cm³/mol. The van der Waals surface area contributed by atoms with Crippen molar-refractivity contribution >= 4 is 71.9 Å². The third-order valence-corrected chi connectivity index (χ3v) is 7.78. The van der Waals surface area contributed by atoms with Gasteiger partial charge in [-0.05, 0) is 79.7 Å². The molecule has 7 heteroatoms. The number of nitrogens with zero attached hydrogens (tertiary/aromatic N) is 3. The first-order chi connectivity index (χ1) is 21.7. The Morgan fingerprint density at radius 3 is 1.53 bits per heavy atom. The van der Waals surface area contributed by atoms with Gasteiger partial charge in [-0.1, -0.05) is 129 Å². The minimum absolute atomic E-state index is 0.115. The molecule has 3 aromatic heterocycles. The van der Waals surface area contributed by atoms with E-state index in [1.54, 1.807) is 0 Å². The Bertz CT molecular complexity index is 1780. The molecule has 4 N–H and O–H groups in total. The third kappa shape index (κ3) is 11.8. The summed E-state index contributed by atoms with van der Waals surface area (Å²) in [7, 11) is 0. The average molecular weight is 715 g/mol. The first-order valence-corrected chi connectivity index (χ1v) is 16.9. The zero-order valence-electron chi connectivity index (χ0n) is 29.4. The van der Waals surface area contributed by atoms with Crippen LogP contribution in [0.15, 0.2) is 95.6 Å². The van der Waals surface area contributed by atoms with Gasteiger partial charge in [0.1, 0.15) is 11.6 Å². The number of rotatable bonds is 0. The summed E-state index contributed by atoms with van der Waals surface area (Å²) >= 11 is 9.32. The molecule has 3 aromatic carbocycles. The van der Waals surface area contributed by atoms with Crippen molar-refractivity contribution in [3.05, 3.63) is 112 Å². The highest BCUT2D eigenvalue weighted by molar-refractivity contribution is 9.10. The molecule has 0 bridgehead atoms. The van der Waals surface area contributed by atoms with Crippen molar-refractivity contribution in [1.82, 2.24) is 15.0 Å². The number of fused-ring (bicyclic) bond motifs is 3. The molecule has 0 amide bonds. The smallest absolute Gasteiger partial charge is 0.142 e. The Labute approximate surface area is 294 Å². The van der Waals surface area contributed by atoms with E-state index in [-0.39, 0.29) is 10.8 Å². The molecule has 248 valence electrons. The number of hydrogen-bond donors (Lipinski definition) is 2. The van der Waals surface area contributed by atoms with Crippen LogP contribution in [0.25, 0.3) is 32.7 Å². The quantitative estimate of drug-likeness (QED) is 0.163. The van der Waals surface area contributed by atoms with E-state index in [9.17, 15) is 0 Å². The lowest BCUT2D eigenvalue weighted by Crippen LogP contribution is -2.10. The second kappa shape index (κ2) is 15.4. The Hall–Kier alpha value is -3.74. The topological polar surface area (TPSA) is 90.7 Å². The predicted octanol–water partition coefficient (Wildman–Crippen LogP) is 11.9. The Morgan fingerprint density at radius 2 is 1.02 bits per heavy atom. The van der Waals surface area contributed by atoms with Crippen molar-refractivity contribution in [2.45, 2.75) is 80.1 Å². The monoisotopic (exact) mass is 713 g/mol. The lowest BCUT2D eigenvalue weighted by molar-refractivity contribution is 0.469. The minimum atomic E-state index is 0.115. The van der Waals surface area contributed by atoms with Crippen LogP contribution < -0.4 is 11.5 Å². The summed E-state index contributed by atoms with van der Waals surface area (Å²) in [6, 6.07) is 28.5. The Kier molecular flexibility index (Phi) is 12.4. The van der Waals surface area contributed by atoms with Crippen LogP contribution in [-0.2, 0) is 10.8 Å². The van der Waals surface area contributed by atoms with E-state index in [1.165, 1.54) is 16.5 Å². The van der Waals surface area contributed by atoms with Gasteiger partial charge >= 0.3 is 0 Å². The summed E-state index contributed by atoms with van der Waals surface area (Å²) in [5.41, 5.74) is 17.7. The molecule has 0 saturated heterocycles. The van der Waals surface area contributed by atoms with Gasteiger partial charge in [0, 0.05) is 22.4 Å². The van der Waals surface area contributed by atoms with Crippen LogP contribution in [0.4, 0.5) is 11.6 Å². The number of pyridine rings is 3. The molecule has 0 fully saturated rings. The fourth-order valence-electron chi connectivity index (χ4n) is 4.26. The van der Waals surface area contributed by atoms with Crippen molar-refractivity contribution < 1.29 is 0 Å². The summed E-state index contributed by atoms with van der Waals surface area (Å²) < 4.78 is 0.850. The molecule has 0 spiro atoms. The second-order valence-electron chi connectivity index (χ2n) is 15.2. The SMILES string of the molecule is CC(C)(C)C.CC(C)(C)c1ccc2cc(Br)c(N)nc2c1.CC(C)(C)c1ccc2cc(Cl)c(N)nc2c1.c1ccc2ncccc2c1. The third-order valence-electron chi connectivity index (χ3n) is 6.84. The van der Waals surface area contributed by atoms with Crippen LogP contribution >= 0.6 is 27.5 Å². The van der Waals surface area contributed by atoms with E-state index < -0.39 is 0 Å². The molecular formula is C40H49BrClN5. The van der Waals surface area contributed by atoms with E-state index >= 15 is 0 Å². The van der Waals surface area contributed by atoms with Crippen LogP contribution in [0, 0.1) is 5.41 Å². The zero-order valence-corrected chi connectivity index (χ0v) is 31.8. The van der Waals surface area contributed by atoms with Crippen LogP contribution in [0.1, 0.15) is 80.4 Å². The number of nitrogens with two attached hydrogens (primary N) is 2. The maximum absolute atomic E-state index is 5.93. The molecule has 3 heterocycles. The van der Waals surface area contributed by atoms with Crippen molar-refractivity contribution in [3.63, 3.8) is 0 Å². The van der Waals surface area contributed by atoms with Crippen LogP contribution in [0.5, 0.6) is 0 Å². The largest absolute Gasteiger partial charge is 0.383 e. The van der Waals surface area contributed by atoms with Gasteiger partial charge in [0.05, 0.1) is 26.0 Å². The van der Waals surface area contributed by atoms with Gasteiger partial charge < -0.3 is 11.5 Å². The number of nitrogen functional groups attached to an aromatic ring is 2. The number of anilines is 2. The van der Waals surface area contributed by atoms with Gasteiger partial charge in [-0.2, -0.15) is 0 Å². The summed E-state index contributed by atoms with van der Waals surface area (Å²) in [6.45, 7) is 21.8. The number of aromatic nitrogens is 3. The second-order valence-corrected chi connectivity index (χ2v) is 16.5. The van der Waals surface area contributed by atoms with E-state index in [0.29, 0.717) is 22.1 Å². The zero-order chi connectivity index (χ0) is 35.2. The highest BCUT2D eigenvalue weighted by atomic mass is 79.9. The maximum Gasteiger partial charge on any atom is 0.142 e. The molecule has 5 nitrogen and oxygen atoms in total. The van der Waals surface area contributed by atoms with E-state index in [2.05, 4.69) is 143 Å². The molecule has 0 saturated carbocycles. The fraction of sp³-hybridized carbons (Fsp3) is 0.325. The number of para-hydroxylation sites is 1. The molecule has 0 atom stereocenters. The lowest BCUT2D eigenvalue weighted by atomic mass is 9.86. The number of halogens is 2. The van der Waals surface area contributed by atoms with Crippen LogP contribution in [-0.4, -0.2) is 15.0 Å². The van der Waals surface area contributed by atoms with Crippen molar-refractivity contribution in [1.29, 1.82) is 0 Å². The Morgan fingerprint density at radius 1 is 0.553 bits per heavy atom. The van der Waals surface area contributed by atoms with Crippen molar-refractivity contribution in [3.8, 4) is 0 Å². The van der Waals surface area contributed by atoms with Crippen molar-refractivity contribution in [2.75, 3.05) is 11.5 Å². The highest BCUT2D eigenvalue weighted by Crippen LogP contribution is 2.29. The number of hydrogen-bond acceptors (Lipinski definition) is 5. The van der Waals surface area contributed by atoms with Gasteiger partial charge in [-0.25, -0.2) is 9.97 Å². The highest BCUT2D eigenvalue weighted by Gasteiger charge is 2.15. The van der Waals surface area contributed by atoms with E-state index in [4.69, 9.17) is 23.1 Å². The summed E-state index contributed by atoms with van der Waals surface area (Å²) in [5.74, 6) is 0.929. The first-order valence-electron chi connectivity index (χ1n) is 15.7. The first kappa shape index (κ1) is 37.7.